The first-order chi connectivity index (χ1) is 9.28. The summed E-state index contributed by atoms with van der Waals surface area (Å²) in [6.45, 7) is 5.04. The number of carbonyl (C=O) groups is 2. The van der Waals surface area contributed by atoms with Gasteiger partial charge in [0.25, 0.3) is 0 Å². The van der Waals surface area contributed by atoms with E-state index in [1.165, 1.54) is 6.92 Å². The summed E-state index contributed by atoms with van der Waals surface area (Å²) in [5, 5.41) is 14.4. The molecule has 5 nitrogen and oxygen atoms in total. The number of carboxylic acid groups (broad SMARTS) is 1. The summed E-state index contributed by atoms with van der Waals surface area (Å²) >= 11 is 3.37. The minimum atomic E-state index is -1.26. The van der Waals surface area contributed by atoms with Gasteiger partial charge in [-0.25, -0.2) is 9.59 Å². The molecule has 0 heterocycles. The zero-order valence-corrected chi connectivity index (χ0v) is 13.3. The molecule has 0 aromatic heterocycles. The lowest BCUT2D eigenvalue weighted by atomic mass is 10.00. The van der Waals surface area contributed by atoms with Gasteiger partial charge >= 0.3 is 12.0 Å². The highest BCUT2D eigenvalue weighted by Gasteiger charge is 2.33. The number of hydrogen-bond acceptors (Lipinski definition) is 2. The molecule has 0 bridgehead atoms. The van der Waals surface area contributed by atoms with Crippen LogP contribution in [0.5, 0.6) is 0 Å². The molecule has 1 rings (SSSR count). The van der Waals surface area contributed by atoms with Crippen molar-refractivity contribution in [3.63, 3.8) is 0 Å². The van der Waals surface area contributed by atoms with Crippen LogP contribution in [0.3, 0.4) is 0 Å². The van der Waals surface area contributed by atoms with Gasteiger partial charge in [-0.2, -0.15) is 0 Å². The maximum Gasteiger partial charge on any atom is 0.329 e. The highest BCUT2D eigenvalue weighted by Crippen LogP contribution is 2.18. The first-order valence-electron chi connectivity index (χ1n) is 6.36. The number of halogens is 1. The lowest BCUT2D eigenvalue weighted by molar-refractivity contribution is -0.143. The van der Waals surface area contributed by atoms with Gasteiger partial charge in [-0.3, -0.25) is 0 Å². The average molecular weight is 343 g/mol. The van der Waals surface area contributed by atoms with Gasteiger partial charge in [0.2, 0.25) is 0 Å². The number of amides is 2. The number of nitrogens with one attached hydrogen (secondary N) is 2. The van der Waals surface area contributed by atoms with E-state index >= 15 is 0 Å². The molecule has 3 N–H and O–H groups in total. The van der Waals surface area contributed by atoms with Crippen LogP contribution in [0.4, 0.5) is 4.79 Å². The molecule has 0 aliphatic rings. The van der Waals surface area contributed by atoms with E-state index in [-0.39, 0.29) is 6.04 Å². The van der Waals surface area contributed by atoms with Crippen molar-refractivity contribution in [3.05, 3.63) is 34.3 Å². The van der Waals surface area contributed by atoms with Gasteiger partial charge in [-0.05, 0) is 38.0 Å². The number of urea groups is 1. The molecule has 0 radical (unpaired) electrons. The van der Waals surface area contributed by atoms with Gasteiger partial charge in [0, 0.05) is 4.47 Å². The lowest BCUT2D eigenvalue weighted by Crippen LogP contribution is -2.55. The second-order valence-electron chi connectivity index (χ2n) is 4.87. The SMILES string of the molecule is CCC(C)(NC(=O)NC(C)c1cccc(Br)c1)C(=O)O. The summed E-state index contributed by atoms with van der Waals surface area (Å²) < 4.78 is 0.924. The highest BCUT2D eigenvalue weighted by atomic mass is 79.9. The lowest BCUT2D eigenvalue weighted by Gasteiger charge is -2.26. The number of hydrogen-bond donors (Lipinski definition) is 3. The Kier molecular flexibility index (Phi) is 5.56. The van der Waals surface area contributed by atoms with Crippen LogP contribution in [0, 0.1) is 0 Å². The van der Waals surface area contributed by atoms with Crippen LogP contribution in [-0.4, -0.2) is 22.6 Å². The molecule has 2 atom stereocenters. The normalized spacial score (nSPS) is 15.0. The molecule has 6 heteroatoms. The zero-order chi connectivity index (χ0) is 15.3. The van der Waals surface area contributed by atoms with Crippen LogP contribution in [0.1, 0.15) is 38.8 Å². The molecular weight excluding hydrogens is 324 g/mol. The second-order valence-corrected chi connectivity index (χ2v) is 5.78. The molecule has 1 aromatic carbocycles. The van der Waals surface area contributed by atoms with Gasteiger partial charge in [-0.1, -0.05) is 35.0 Å². The van der Waals surface area contributed by atoms with Crippen molar-refractivity contribution >= 4 is 27.9 Å². The van der Waals surface area contributed by atoms with E-state index in [2.05, 4.69) is 26.6 Å². The topological polar surface area (TPSA) is 78.4 Å². The zero-order valence-electron chi connectivity index (χ0n) is 11.7. The van der Waals surface area contributed by atoms with Crippen molar-refractivity contribution < 1.29 is 14.7 Å². The molecular formula is C14H19BrN2O3. The molecule has 0 saturated heterocycles. The Morgan fingerprint density at radius 3 is 2.60 bits per heavy atom. The summed E-state index contributed by atoms with van der Waals surface area (Å²) in [5.41, 5.74) is -0.329. The van der Waals surface area contributed by atoms with Crippen LogP contribution in [0.25, 0.3) is 0 Å². The van der Waals surface area contributed by atoms with Crippen LogP contribution < -0.4 is 10.6 Å². The van der Waals surface area contributed by atoms with Crippen molar-refractivity contribution in [2.24, 2.45) is 0 Å². The van der Waals surface area contributed by atoms with E-state index in [0.717, 1.165) is 10.0 Å². The fourth-order valence-corrected chi connectivity index (χ4v) is 2.05. The minimum absolute atomic E-state index is 0.220. The summed E-state index contributed by atoms with van der Waals surface area (Å²) in [4.78, 5) is 23.0. The quantitative estimate of drug-likeness (QED) is 0.769. The Hall–Kier alpha value is -1.56. The van der Waals surface area contributed by atoms with E-state index in [9.17, 15) is 9.59 Å². The molecule has 2 unspecified atom stereocenters. The summed E-state index contributed by atoms with van der Waals surface area (Å²) in [6.07, 6.45) is 0.307. The predicted molar refractivity (Wildman–Crippen MR) is 80.6 cm³/mol. The Morgan fingerprint density at radius 2 is 2.10 bits per heavy atom. The van der Waals surface area contributed by atoms with E-state index in [4.69, 9.17) is 5.11 Å². The van der Waals surface area contributed by atoms with E-state index in [1.807, 2.05) is 31.2 Å². The maximum atomic E-state index is 11.9. The summed E-state index contributed by atoms with van der Waals surface area (Å²) in [6, 6.07) is 6.86. The molecule has 110 valence electrons. The van der Waals surface area contributed by atoms with Crippen molar-refractivity contribution in [1.82, 2.24) is 10.6 Å². The number of carbonyl (C=O) groups excluding carboxylic acids is 1. The molecule has 2 amide bonds. The van der Waals surface area contributed by atoms with Crippen LogP contribution in [0.2, 0.25) is 0 Å². The van der Waals surface area contributed by atoms with Crippen LogP contribution >= 0.6 is 15.9 Å². The van der Waals surface area contributed by atoms with E-state index in [1.54, 1.807) is 6.92 Å². The number of carboxylic acids is 1. The largest absolute Gasteiger partial charge is 0.480 e. The standard InChI is InChI=1S/C14H19BrN2O3/c1-4-14(3,12(18)19)17-13(20)16-9(2)10-6-5-7-11(15)8-10/h5-9H,4H2,1-3H3,(H,18,19)(H2,16,17,20). The third kappa shape index (κ3) is 4.23. The first-order valence-corrected chi connectivity index (χ1v) is 7.15. The van der Waals surface area contributed by atoms with E-state index in [0.29, 0.717) is 6.42 Å². The molecule has 1 aromatic rings. The number of aliphatic carboxylic acids is 1. The van der Waals surface area contributed by atoms with Gasteiger partial charge in [-0.15, -0.1) is 0 Å². The van der Waals surface area contributed by atoms with Gasteiger partial charge in [0.05, 0.1) is 6.04 Å². The Morgan fingerprint density at radius 1 is 1.45 bits per heavy atom. The minimum Gasteiger partial charge on any atom is -0.480 e. The molecule has 20 heavy (non-hydrogen) atoms. The number of rotatable bonds is 5. The third-order valence-electron chi connectivity index (χ3n) is 3.26. The van der Waals surface area contributed by atoms with Crippen LogP contribution in [0.15, 0.2) is 28.7 Å². The molecule has 0 spiro atoms. The fraction of sp³-hybridized carbons (Fsp3) is 0.429. The second kappa shape index (κ2) is 6.74. The Bertz CT molecular complexity index is 507. The molecule has 0 fully saturated rings. The summed E-state index contributed by atoms with van der Waals surface area (Å²) in [5.74, 6) is -1.05. The van der Waals surface area contributed by atoms with Gasteiger partial charge < -0.3 is 15.7 Å². The Labute approximate surface area is 126 Å². The molecule has 0 saturated carbocycles. The number of benzene rings is 1. The summed E-state index contributed by atoms with van der Waals surface area (Å²) in [7, 11) is 0. The molecule has 0 aliphatic carbocycles. The smallest absolute Gasteiger partial charge is 0.329 e. The van der Waals surface area contributed by atoms with Crippen molar-refractivity contribution in [3.8, 4) is 0 Å². The molecule has 0 aliphatic heterocycles. The third-order valence-corrected chi connectivity index (χ3v) is 3.76. The average Bonchev–Trinajstić information content (AvgIpc) is 2.38. The maximum absolute atomic E-state index is 11.9. The highest BCUT2D eigenvalue weighted by molar-refractivity contribution is 9.10. The fourth-order valence-electron chi connectivity index (χ4n) is 1.64. The Balaban J connectivity index is 2.69. The monoisotopic (exact) mass is 342 g/mol. The van der Waals surface area contributed by atoms with E-state index < -0.39 is 17.5 Å². The predicted octanol–water partition coefficient (Wildman–Crippen LogP) is 3.06. The van der Waals surface area contributed by atoms with Crippen molar-refractivity contribution in [2.45, 2.75) is 38.8 Å². The van der Waals surface area contributed by atoms with Crippen LogP contribution in [-0.2, 0) is 4.79 Å². The van der Waals surface area contributed by atoms with Crippen molar-refractivity contribution in [2.75, 3.05) is 0 Å². The van der Waals surface area contributed by atoms with Crippen molar-refractivity contribution in [1.29, 1.82) is 0 Å². The first kappa shape index (κ1) is 16.5. The van der Waals surface area contributed by atoms with Gasteiger partial charge in [0.1, 0.15) is 5.54 Å². The van der Waals surface area contributed by atoms with Gasteiger partial charge in [0.15, 0.2) is 0 Å².